The van der Waals surface area contributed by atoms with E-state index in [1.807, 2.05) is 42.2 Å². The fraction of sp³-hybridized carbons (Fsp3) is 0.483. The summed E-state index contributed by atoms with van der Waals surface area (Å²) in [5.41, 5.74) is 3.71. The van der Waals surface area contributed by atoms with Crippen LogP contribution < -0.4 is 5.56 Å². The van der Waals surface area contributed by atoms with Crippen LogP contribution in [0.2, 0.25) is 0 Å². The number of hydrogen-bond donors (Lipinski definition) is 1. The van der Waals surface area contributed by atoms with Crippen molar-refractivity contribution in [3.05, 3.63) is 75.2 Å². The lowest BCUT2D eigenvalue weighted by atomic mass is 9.83. The Bertz CT molecular complexity index is 1290. The van der Waals surface area contributed by atoms with Crippen molar-refractivity contribution in [1.82, 2.24) is 14.4 Å². The van der Waals surface area contributed by atoms with Crippen molar-refractivity contribution in [2.24, 2.45) is 17.8 Å². The molecule has 188 valence electrons. The summed E-state index contributed by atoms with van der Waals surface area (Å²) in [7, 11) is 0. The average molecular weight is 488 g/mol. The Morgan fingerprint density at radius 1 is 1.08 bits per heavy atom. The van der Waals surface area contributed by atoms with Crippen LogP contribution in [0.15, 0.2) is 47.3 Å². The molecule has 1 saturated carbocycles. The molecule has 1 aliphatic carbocycles. The number of allylic oxidation sites excluding steroid dienone is 1. The molecule has 3 aliphatic heterocycles. The molecule has 36 heavy (non-hydrogen) atoms. The molecule has 1 N–H and O–H groups in total. The number of aromatic nitrogens is 1. The molecule has 0 unspecified atom stereocenters. The van der Waals surface area contributed by atoms with Gasteiger partial charge in [-0.25, -0.2) is 0 Å². The van der Waals surface area contributed by atoms with Gasteiger partial charge in [-0.05, 0) is 49.4 Å². The Labute approximate surface area is 211 Å². The summed E-state index contributed by atoms with van der Waals surface area (Å²) in [4.78, 5) is 44.8. The van der Waals surface area contributed by atoms with Gasteiger partial charge in [0.2, 0.25) is 11.8 Å². The van der Waals surface area contributed by atoms with Crippen molar-refractivity contribution in [2.45, 2.75) is 57.8 Å². The molecule has 1 saturated heterocycles. The van der Waals surface area contributed by atoms with Crippen LogP contribution >= 0.6 is 0 Å². The third kappa shape index (κ3) is 3.47. The number of benzene rings is 1. The molecule has 4 heterocycles. The van der Waals surface area contributed by atoms with Gasteiger partial charge in [0.1, 0.15) is 6.04 Å². The van der Waals surface area contributed by atoms with E-state index < -0.39 is 12.0 Å². The van der Waals surface area contributed by atoms with Crippen molar-refractivity contribution < 1.29 is 14.7 Å². The average Bonchev–Trinajstić information content (AvgIpc) is 3.38. The van der Waals surface area contributed by atoms with Crippen LogP contribution in [0.1, 0.15) is 54.6 Å². The maximum atomic E-state index is 14.1. The maximum Gasteiger partial charge on any atom is 0.258 e. The fourth-order valence-electron chi connectivity index (χ4n) is 6.77. The molecule has 4 aliphatic rings. The molecule has 7 nitrogen and oxygen atoms in total. The summed E-state index contributed by atoms with van der Waals surface area (Å²) in [6.45, 7) is 3.22. The molecule has 2 fully saturated rings. The highest BCUT2D eigenvalue weighted by Crippen LogP contribution is 2.51. The first kappa shape index (κ1) is 23.2. The van der Waals surface area contributed by atoms with E-state index in [2.05, 4.69) is 12.1 Å². The van der Waals surface area contributed by atoms with Crippen LogP contribution in [0.5, 0.6) is 0 Å². The van der Waals surface area contributed by atoms with Crippen LogP contribution in [0.25, 0.3) is 6.08 Å². The predicted molar refractivity (Wildman–Crippen MR) is 136 cm³/mol. The Balaban J connectivity index is 1.39. The lowest BCUT2D eigenvalue weighted by molar-refractivity contribution is -0.151. The third-order valence-corrected chi connectivity index (χ3v) is 8.86. The van der Waals surface area contributed by atoms with Gasteiger partial charge in [0.05, 0.1) is 6.04 Å². The van der Waals surface area contributed by atoms with Gasteiger partial charge in [0.25, 0.3) is 5.56 Å². The van der Waals surface area contributed by atoms with E-state index in [0.717, 1.165) is 36.9 Å². The van der Waals surface area contributed by atoms with Gasteiger partial charge in [-0.3, -0.25) is 14.4 Å². The van der Waals surface area contributed by atoms with E-state index in [9.17, 15) is 19.5 Å². The number of aliphatic hydroxyl groups is 1. The minimum absolute atomic E-state index is 0.00129. The SMILES string of the molecule is C/C=C/c1ccc2n(c1=O)C[C@@H]1[C@@H](CO)[C@H](C(=O)N3CCc4ccccc4C3)N(C(=O)C3CCC3)[C@H]21. The van der Waals surface area contributed by atoms with Crippen LogP contribution in [0.3, 0.4) is 0 Å². The highest BCUT2D eigenvalue weighted by Gasteiger charge is 2.58. The number of likely N-dealkylation sites (tertiary alicyclic amines) is 1. The molecule has 0 bridgehead atoms. The van der Waals surface area contributed by atoms with Crippen molar-refractivity contribution in [1.29, 1.82) is 0 Å². The van der Waals surface area contributed by atoms with Crippen molar-refractivity contribution in [3.63, 3.8) is 0 Å². The molecular weight excluding hydrogens is 454 g/mol. The lowest BCUT2D eigenvalue weighted by Gasteiger charge is -2.39. The number of rotatable bonds is 4. The van der Waals surface area contributed by atoms with Gasteiger partial charge in [0.15, 0.2) is 0 Å². The summed E-state index contributed by atoms with van der Waals surface area (Å²) >= 11 is 0. The van der Waals surface area contributed by atoms with Gasteiger partial charge < -0.3 is 19.5 Å². The summed E-state index contributed by atoms with van der Waals surface area (Å²) in [6, 6.07) is 10.9. The first-order valence-electron chi connectivity index (χ1n) is 13.2. The van der Waals surface area contributed by atoms with Crippen LogP contribution in [-0.4, -0.2) is 50.5 Å². The van der Waals surface area contributed by atoms with Crippen molar-refractivity contribution in [3.8, 4) is 0 Å². The zero-order chi connectivity index (χ0) is 25.0. The van der Waals surface area contributed by atoms with Gasteiger partial charge in [-0.1, -0.05) is 42.8 Å². The number of carbonyl (C=O) groups is 2. The van der Waals surface area contributed by atoms with E-state index in [1.54, 1.807) is 15.5 Å². The number of amides is 2. The smallest absolute Gasteiger partial charge is 0.258 e. The van der Waals surface area contributed by atoms with E-state index in [1.165, 1.54) is 5.56 Å². The Hall–Kier alpha value is -3.19. The Morgan fingerprint density at radius 2 is 1.86 bits per heavy atom. The summed E-state index contributed by atoms with van der Waals surface area (Å²) in [5, 5.41) is 10.6. The number of pyridine rings is 1. The number of nitrogens with zero attached hydrogens (tertiary/aromatic N) is 3. The Morgan fingerprint density at radius 3 is 2.56 bits per heavy atom. The minimum Gasteiger partial charge on any atom is -0.396 e. The molecular formula is C29H33N3O4. The minimum atomic E-state index is -0.706. The monoisotopic (exact) mass is 487 g/mol. The molecule has 7 heteroatoms. The quantitative estimate of drug-likeness (QED) is 0.719. The van der Waals surface area contributed by atoms with E-state index in [4.69, 9.17) is 0 Å². The number of carbonyl (C=O) groups excluding carboxylic acids is 2. The summed E-state index contributed by atoms with van der Waals surface area (Å²) in [5.74, 6) is -0.734. The number of hydrogen-bond acceptors (Lipinski definition) is 4. The summed E-state index contributed by atoms with van der Waals surface area (Å²) in [6.07, 6.45) is 7.11. The third-order valence-electron chi connectivity index (χ3n) is 8.86. The maximum absolute atomic E-state index is 14.1. The first-order chi connectivity index (χ1) is 17.5. The second kappa shape index (κ2) is 9.04. The van der Waals surface area contributed by atoms with Gasteiger partial charge >= 0.3 is 0 Å². The zero-order valence-corrected chi connectivity index (χ0v) is 20.7. The normalized spacial score (nSPS) is 27.1. The molecule has 2 amide bonds. The standard InChI is InChI=1S/C29H33N3O4/c1-2-6-19-11-12-24-25-22(16-31(24)27(19)34)23(17-33)26(32(25)28(35)20-9-5-10-20)29(36)30-14-13-18-7-3-4-8-21(18)15-30/h2-4,6-8,11-12,20,22-23,25-26,33H,5,9-10,13-17H2,1H3/b6-2+/t22-,23-,25+,26-/m1/s1. The second-order valence-electron chi connectivity index (χ2n) is 10.7. The van der Waals surface area contributed by atoms with E-state index in [-0.39, 0.29) is 41.9 Å². The van der Waals surface area contributed by atoms with Crippen LogP contribution in [0, 0.1) is 17.8 Å². The van der Waals surface area contributed by atoms with E-state index in [0.29, 0.717) is 25.2 Å². The lowest BCUT2D eigenvalue weighted by Crippen LogP contribution is -2.54. The van der Waals surface area contributed by atoms with Crippen LogP contribution in [-0.2, 0) is 29.1 Å². The second-order valence-corrected chi connectivity index (χ2v) is 10.7. The summed E-state index contributed by atoms with van der Waals surface area (Å²) < 4.78 is 1.76. The van der Waals surface area contributed by atoms with Crippen molar-refractivity contribution >= 4 is 17.9 Å². The molecule has 4 atom stereocenters. The highest BCUT2D eigenvalue weighted by atomic mass is 16.3. The van der Waals surface area contributed by atoms with Crippen LogP contribution in [0.4, 0.5) is 0 Å². The molecule has 6 rings (SSSR count). The van der Waals surface area contributed by atoms with Gasteiger partial charge in [-0.2, -0.15) is 0 Å². The molecule has 1 aromatic carbocycles. The predicted octanol–water partition coefficient (Wildman–Crippen LogP) is 2.76. The topological polar surface area (TPSA) is 82.8 Å². The number of fused-ring (bicyclic) bond motifs is 4. The largest absolute Gasteiger partial charge is 0.396 e. The molecule has 2 aromatic rings. The molecule has 0 radical (unpaired) electrons. The van der Waals surface area contributed by atoms with Gasteiger partial charge in [0, 0.05) is 55.3 Å². The van der Waals surface area contributed by atoms with Gasteiger partial charge in [-0.15, -0.1) is 0 Å². The molecule has 0 spiro atoms. The highest BCUT2D eigenvalue weighted by molar-refractivity contribution is 5.90. The van der Waals surface area contributed by atoms with Crippen molar-refractivity contribution in [2.75, 3.05) is 13.2 Å². The molecule has 1 aromatic heterocycles. The number of aliphatic hydroxyl groups excluding tert-OH is 1. The zero-order valence-electron chi connectivity index (χ0n) is 20.7. The Kier molecular flexibility index (Phi) is 5.83. The van der Waals surface area contributed by atoms with E-state index >= 15 is 0 Å². The fourth-order valence-corrected chi connectivity index (χ4v) is 6.77. The first-order valence-corrected chi connectivity index (χ1v) is 13.2.